The third-order valence-electron chi connectivity index (χ3n) is 4.55. The van der Waals surface area contributed by atoms with Crippen LogP contribution in [0.2, 0.25) is 0 Å². The predicted octanol–water partition coefficient (Wildman–Crippen LogP) is 2.20. The Hall–Kier alpha value is -0.0800. The zero-order chi connectivity index (χ0) is 10.7. The molecule has 2 rings (SSSR count). The van der Waals surface area contributed by atoms with Gasteiger partial charge in [0.15, 0.2) is 0 Å². The second-order valence-corrected chi connectivity index (χ2v) is 5.41. The maximum atomic E-state index is 2.66. The molecule has 0 aliphatic carbocycles. The molecule has 0 saturated carbocycles. The van der Waals surface area contributed by atoms with Gasteiger partial charge in [-0.2, -0.15) is 0 Å². The summed E-state index contributed by atoms with van der Waals surface area (Å²) in [5.41, 5.74) is 0.694. The Labute approximate surface area is 94.6 Å². The topological polar surface area (TPSA) is 6.48 Å². The molecule has 0 aromatic rings. The van der Waals surface area contributed by atoms with Crippen molar-refractivity contribution >= 4 is 0 Å². The van der Waals surface area contributed by atoms with Crippen molar-refractivity contribution in [1.29, 1.82) is 0 Å². The Morgan fingerprint density at radius 2 is 1.53 bits per heavy atom. The van der Waals surface area contributed by atoms with E-state index in [1.54, 1.807) is 0 Å². The molecule has 0 aromatic heterocycles. The van der Waals surface area contributed by atoms with E-state index < -0.39 is 0 Å². The second kappa shape index (κ2) is 4.84. The Bertz CT molecular complexity index is 195. The number of rotatable bonds is 2. The quantitative estimate of drug-likeness (QED) is 0.689. The van der Waals surface area contributed by atoms with E-state index in [4.69, 9.17) is 0 Å². The highest BCUT2D eigenvalue weighted by atomic mass is 15.2. The van der Waals surface area contributed by atoms with Crippen molar-refractivity contribution in [3.8, 4) is 0 Å². The van der Waals surface area contributed by atoms with Gasteiger partial charge in [-0.05, 0) is 63.8 Å². The summed E-state index contributed by atoms with van der Waals surface area (Å²) in [6.07, 6.45) is 5.80. The van der Waals surface area contributed by atoms with Crippen LogP contribution >= 0.6 is 0 Å². The van der Waals surface area contributed by atoms with Crippen molar-refractivity contribution in [3.05, 3.63) is 0 Å². The van der Waals surface area contributed by atoms with Crippen LogP contribution in [0, 0.1) is 5.41 Å². The molecular formula is C13H26N2. The first-order chi connectivity index (χ1) is 7.28. The van der Waals surface area contributed by atoms with Crippen LogP contribution in [0.4, 0.5) is 0 Å². The van der Waals surface area contributed by atoms with E-state index in [1.165, 1.54) is 65.0 Å². The van der Waals surface area contributed by atoms with Crippen molar-refractivity contribution in [3.63, 3.8) is 0 Å². The average Bonchev–Trinajstić information content (AvgIpc) is 2.30. The lowest BCUT2D eigenvalue weighted by Crippen LogP contribution is -2.49. The highest BCUT2D eigenvalue weighted by Gasteiger charge is 2.37. The molecule has 2 nitrogen and oxygen atoms in total. The van der Waals surface area contributed by atoms with E-state index in [1.807, 2.05) is 0 Å². The van der Waals surface area contributed by atoms with Crippen molar-refractivity contribution in [2.45, 2.75) is 39.5 Å². The summed E-state index contributed by atoms with van der Waals surface area (Å²) in [6.45, 7) is 12.5. The van der Waals surface area contributed by atoms with Crippen LogP contribution in [-0.2, 0) is 0 Å². The first-order valence-corrected chi connectivity index (χ1v) is 6.73. The maximum Gasteiger partial charge on any atom is 0.00388 e. The van der Waals surface area contributed by atoms with Gasteiger partial charge in [-0.1, -0.05) is 13.8 Å². The smallest absolute Gasteiger partial charge is 0.00388 e. The van der Waals surface area contributed by atoms with Gasteiger partial charge in [0.2, 0.25) is 0 Å². The average molecular weight is 210 g/mol. The minimum atomic E-state index is 0.694. The number of likely N-dealkylation sites (tertiary alicyclic amines) is 2. The zero-order valence-corrected chi connectivity index (χ0v) is 10.5. The Kier molecular flexibility index (Phi) is 3.68. The maximum absolute atomic E-state index is 2.66. The molecule has 0 amide bonds. The van der Waals surface area contributed by atoms with E-state index >= 15 is 0 Å². The first-order valence-electron chi connectivity index (χ1n) is 6.73. The van der Waals surface area contributed by atoms with Crippen LogP contribution < -0.4 is 0 Å². The fourth-order valence-electron chi connectivity index (χ4n) is 3.33. The van der Waals surface area contributed by atoms with Crippen molar-refractivity contribution in [1.82, 2.24) is 9.80 Å². The Morgan fingerprint density at radius 1 is 0.867 bits per heavy atom. The molecule has 2 aliphatic heterocycles. The SMILES string of the molecule is CCN1CCC2(CCCN(CC)C2)CC1. The second-order valence-electron chi connectivity index (χ2n) is 5.41. The van der Waals surface area contributed by atoms with Crippen molar-refractivity contribution in [2.24, 2.45) is 5.41 Å². The summed E-state index contributed by atoms with van der Waals surface area (Å²) in [5.74, 6) is 0. The van der Waals surface area contributed by atoms with E-state index in [0.29, 0.717) is 5.41 Å². The zero-order valence-electron chi connectivity index (χ0n) is 10.5. The van der Waals surface area contributed by atoms with Crippen molar-refractivity contribution in [2.75, 3.05) is 39.3 Å². The van der Waals surface area contributed by atoms with Gasteiger partial charge >= 0.3 is 0 Å². The van der Waals surface area contributed by atoms with Gasteiger partial charge in [0.05, 0.1) is 0 Å². The monoisotopic (exact) mass is 210 g/mol. The van der Waals surface area contributed by atoms with Gasteiger partial charge in [-0.3, -0.25) is 0 Å². The molecule has 0 aromatic carbocycles. The summed E-state index contributed by atoms with van der Waals surface area (Å²) in [5, 5.41) is 0. The lowest BCUT2D eigenvalue weighted by atomic mass is 9.72. The van der Waals surface area contributed by atoms with Gasteiger partial charge in [0, 0.05) is 6.54 Å². The molecule has 88 valence electrons. The third kappa shape index (κ3) is 2.54. The number of nitrogens with zero attached hydrogens (tertiary/aromatic N) is 2. The van der Waals surface area contributed by atoms with Gasteiger partial charge in [0.25, 0.3) is 0 Å². The minimum absolute atomic E-state index is 0.694. The molecule has 15 heavy (non-hydrogen) atoms. The molecular weight excluding hydrogens is 184 g/mol. The third-order valence-corrected chi connectivity index (χ3v) is 4.55. The molecule has 0 bridgehead atoms. The Morgan fingerprint density at radius 3 is 2.13 bits per heavy atom. The van der Waals surface area contributed by atoms with Crippen LogP contribution in [0.25, 0.3) is 0 Å². The van der Waals surface area contributed by atoms with Crippen molar-refractivity contribution < 1.29 is 0 Å². The number of hydrogen-bond donors (Lipinski definition) is 0. The summed E-state index contributed by atoms with van der Waals surface area (Å²) >= 11 is 0. The molecule has 0 atom stereocenters. The summed E-state index contributed by atoms with van der Waals surface area (Å²) in [4.78, 5) is 5.27. The molecule has 2 saturated heterocycles. The van der Waals surface area contributed by atoms with Crippen LogP contribution in [0.5, 0.6) is 0 Å². The summed E-state index contributed by atoms with van der Waals surface area (Å²) in [7, 11) is 0. The highest BCUT2D eigenvalue weighted by Crippen LogP contribution is 2.39. The minimum Gasteiger partial charge on any atom is -0.304 e. The largest absolute Gasteiger partial charge is 0.304 e. The van der Waals surface area contributed by atoms with Crippen LogP contribution in [0.3, 0.4) is 0 Å². The molecule has 2 aliphatic rings. The first kappa shape index (κ1) is 11.4. The lowest BCUT2D eigenvalue weighted by molar-refractivity contribution is 0.0277. The fourth-order valence-corrected chi connectivity index (χ4v) is 3.33. The molecule has 2 heterocycles. The van der Waals surface area contributed by atoms with Gasteiger partial charge in [0.1, 0.15) is 0 Å². The van der Waals surface area contributed by atoms with E-state index in [2.05, 4.69) is 23.6 Å². The summed E-state index contributed by atoms with van der Waals surface area (Å²) < 4.78 is 0. The molecule has 1 spiro atoms. The van der Waals surface area contributed by atoms with Gasteiger partial charge in [-0.15, -0.1) is 0 Å². The van der Waals surface area contributed by atoms with Gasteiger partial charge < -0.3 is 9.80 Å². The van der Waals surface area contributed by atoms with Crippen LogP contribution in [0.1, 0.15) is 39.5 Å². The number of piperidine rings is 2. The standard InChI is InChI=1S/C13H26N2/c1-3-14-10-7-13(8-11-14)6-5-9-15(4-2)12-13/h3-12H2,1-2H3. The van der Waals surface area contributed by atoms with E-state index in [0.717, 1.165) is 0 Å². The fraction of sp³-hybridized carbons (Fsp3) is 1.00. The predicted molar refractivity (Wildman–Crippen MR) is 65.1 cm³/mol. The van der Waals surface area contributed by atoms with Crippen LogP contribution in [-0.4, -0.2) is 49.1 Å². The Balaban J connectivity index is 1.90. The molecule has 2 fully saturated rings. The molecule has 0 radical (unpaired) electrons. The molecule has 2 heteroatoms. The molecule has 0 unspecified atom stereocenters. The molecule has 0 N–H and O–H groups in total. The van der Waals surface area contributed by atoms with Crippen LogP contribution in [0.15, 0.2) is 0 Å². The van der Waals surface area contributed by atoms with E-state index in [9.17, 15) is 0 Å². The highest BCUT2D eigenvalue weighted by molar-refractivity contribution is 4.91. The number of hydrogen-bond acceptors (Lipinski definition) is 2. The normalized spacial score (nSPS) is 28.4. The van der Waals surface area contributed by atoms with Gasteiger partial charge in [-0.25, -0.2) is 0 Å². The summed E-state index contributed by atoms with van der Waals surface area (Å²) in [6, 6.07) is 0. The van der Waals surface area contributed by atoms with E-state index in [-0.39, 0.29) is 0 Å². The lowest BCUT2D eigenvalue weighted by Gasteiger charge is -2.47.